The Morgan fingerprint density at radius 2 is 1.78 bits per heavy atom. The fourth-order valence-corrected chi connectivity index (χ4v) is 0.802. The molecule has 1 heteroatoms. The van der Waals surface area contributed by atoms with Gasteiger partial charge in [0.25, 0.3) is 0 Å². The van der Waals surface area contributed by atoms with E-state index in [1.807, 2.05) is 12.1 Å². The monoisotopic (exact) mass is 136 g/mol. The summed E-state index contributed by atoms with van der Waals surface area (Å²) in [6.07, 6.45) is 0. The minimum Gasteiger partial charge on any atom is -0.0881 e. The summed E-state index contributed by atoms with van der Waals surface area (Å²) in [6.45, 7) is 2.06. The number of hydrogen-bond acceptors (Lipinski definition) is 1. The van der Waals surface area contributed by atoms with E-state index in [2.05, 4.69) is 19.1 Å². The van der Waals surface area contributed by atoms with Crippen LogP contribution < -0.4 is 0 Å². The number of thiocarbonyl (C=S) groups is 1. The number of aryl methyl sites for hydroxylation is 1. The molecule has 0 N–H and O–H groups in total. The van der Waals surface area contributed by atoms with E-state index in [1.165, 1.54) is 5.56 Å². The molecule has 0 radical (unpaired) electrons. The molecular weight excluding hydrogens is 128 g/mol. The van der Waals surface area contributed by atoms with Crippen LogP contribution in [0.4, 0.5) is 0 Å². The van der Waals surface area contributed by atoms with Crippen LogP contribution in [0.15, 0.2) is 24.3 Å². The van der Waals surface area contributed by atoms with Crippen molar-refractivity contribution >= 4 is 17.6 Å². The second kappa shape index (κ2) is 2.74. The van der Waals surface area contributed by atoms with Crippen LogP contribution in [-0.2, 0) is 0 Å². The minimum atomic E-state index is 1.11. The lowest BCUT2D eigenvalue weighted by molar-refractivity contribution is 1.47. The van der Waals surface area contributed by atoms with Gasteiger partial charge in [0.15, 0.2) is 0 Å². The second-order valence-corrected chi connectivity index (χ2v) is 2.26. The van der Waals surface area contributed by atoms with Gasteiger partial charge in [0.2, 0.25) is 0 Å². The SMILES string of the molecule is Cc1ccc(C=S)cc1. The molecule has 1 rings (SSSR count). The molecule has 0 aromatic heterocycles. The van der Waals surface area contributed by atoms with Gasteiger partial charge in [-0.2, -0.15) is 0 Å². The molecule has 0 amide bonds. The Morgan fingerprint density at radius 3 is 2.22 bits per heavy atom. The Kier molecular flexibility index (Phi) is 1.96. The van der Waals surface area contributed by atoms with E-state index in [0.29, 0.717) is 0 Å². The Labute approximate surface area is 60.5 Å². The first-order valence-electron chi connectivity index (χ1n) is 2.85. The first kappa shape index (κ1) is 6.43. The third-order valence-corrected chi connectivity index (χ3v) is 1.49. The van der Waals surface area contributed by atoms with Gasteiger partial charge in [-0.05, 0) is 12.5 Å². The molecule has 0 spiro atoms. The summed E-state index contributed by atoms with van der Waals surface area (Å²) < 4.78 is 0. The predicted molar refractivity (Wildman–Crippen MR) is 43.9 cm³/mol. The van der Waals surface area contributed by atoms with Crippen LogP contribution in [0.3, 0.4) is 0 Å². The Hall–Kier alpha value is -0.690. The highest BCUT2D eigenvalue weighted by atomic mass is 32.1. The predicted octanol–water partition coefficient (Wildman–Crippen LogP) is 2.34. The average Bonchev–Trinajstić information content (AvgIpc) is 1.90. The molecule has 0 unspecified atom stereocenters. The number of rotatable bonds is 1. The molecule has 0 atom stereocenters. The maximum Gasteiger partial charge on any atom is 0.00861 e. The first-order chi connectivity index (χ1) is 4.33. The van der Waals surface area contributed by atoms with Gasteiger partial charge in [-0.25, -0.2) is 0 Å². The molecule has 1 aromatic carbocycles. The van der Waals surface area contributed by atoms with Crippen molar-refractivity contribution in [2.75, 3.05) is 0 Å². The van der Waals surface area contributed by atoms with E-state index in [4.69, 9.17) is 12.2 Å². The van der Waals surface area contributed by atoms with Crippen LogP contribution in [0.2, 0.25) is 0 Å². The highest BCUT2D eigenvalue weighted by Gasteiger charge is 1.83. The lowest BCUT2D eigenvalue weighted by Gasteiger charge is -1.90. The lowest BCUT2D eigenvalue weighted by Crippen LogP contribution is -1.76. The van der Waals surface area contributed by atoms with E-state index in [-0.39, 0.29) is 0 Å². The van der Waals surface area contributed by atoms with Crippen molar-refractivity contribution in [1.82, 2.24) is 0 Å². The van der Waals surface area contributed by atoms with Crippen LogP contribution in [0.25, 0.3) is 0 Å². The van der Waals surface area contributed by atoms with E-state index >= 15 is 0 Å². The normalized spacial score (nSPS) is 9.00. The van der Waals surface area contributed by atoms with Crippen LogP contribution in [0.5, 0.6) is 0 Å². The molecule has 0 bridgehead atoms. The highest BCUT2D eigenvalue weighted by Crippen LogP contribution is 1.99. The summed E-state index contributed by atoms with van der Waals surface area (Å²) in [6, 6.07) is 8.14. The molecule has 0 aliphatic heterocycles. The van der Waals surface area contributed by atoms with Crippen molar-refractivity contribution in [3.05, 3.63) is 35.4 Å². The Morgan fingerprint density at radius 1 is 1.22 bits per heavy atom. The molecular formula is C8H8S. The summed E-state index contributed by atoms with van der Waals surface area (Å²) >= 11 is 4.74. The minimum absolute atomic E-state index is 1.11. The Bertz CT molecular complexity index is 198. The zero-order chi connectivity index (χ0) is 6.69. The standard InChI is InChI=1S/C8H8S/c1-7-2-4-8(6-9)5-3-7/h2-6H,1H3. The number of benzene rings is 1. The quantitative estimate of drug-likeness (QED) is 0.534. The van der Waals surface area contributed by atoms with Crippen LogP contribution >= 0.6 is 12.2 Å². The fourth-order valence-electron chi connectivity index (χ4n) is 0.645. The van der Waals surface area contributed by atoms with E-state index in [9.17, 15) is 0 Å². The van der Waals surface area contributed by atoms with Gasteiger partial charge in [-0.15, -0.1) is 0 Å². The topological polar surface area (TPSA) is 0 Å². The van der Waals surface area contributed by atoms with Crippen molar-refractivity contribution in [2.45, 2.75) is 6.92 Å². The largest absolute Gasteiger partial charge is 0.0881 e. The smallest absolute Gasteiger partial charge is 0.00861 e. The zero-order valence-electron chi connectivity index (χ0n) is 5.29. The molecule has 0 heterocycles. The van der Waals surface area contributed by atoms with Crippen LogP contribution in [0.1, 0.15) is 11.1 Å². The second-order valence-electron chi connectivity index (χ2n) is 2.03. The molecule has 0 saturated heterocycles. The van der Waals surface area contributed by atoms with E-state index in [0.717, 1.165) is 5.56 Å². The fraction of sp³-hybridized carbons (Fsp3) is 0.125. The van der Waals surface area contributed by atoms with Crippen molar-refractivity contribution < 1.29 is 0 Å². The molecule has 1 aromatic rings. The summed E-state index contributed by atoms with van der Waals surface area (Å²) in [7, 11) is 0. The van der Waals surface area contributed by atoms with Crippen molar-refractivity contribution in [3.63, 3.8) is 0 Å². The van der Waals surface area contributed by atoms with Crippen molar-refractivity contribution in [2.24, 2.45) is 0 Å². The van der Waals surface area contributed by atoms with E-state index in [1.54, 1.807) is 5.37 Å². The van der Waals surface area contributed by atoms with Gasteiger partial charge in [-0.1, -0.05) is 42.0 Å². The third kappa shape index (κ3) is 1.61. The van der Waals surface area contributed by atoms with Gasteiger partial charge in [-0.3, -0.25) is 0 Å². The van der Waals surface area contributed by atoms with Crippen molar-refractivity contribution in [3.8, 4) is 0 Å². The number of hydrogen-bond donors (Lipinski definition) is 0. The van der Waals surface area contributed by atoms with Gasteiger partial charge in [0.05, 0.1) is 0 Å². The summed E-state index contributed by atoms with van der Waals surface area (Å²) in [4.78, 5) is 0. The molecule has 0 nitrogen and oxygen atoms in total. The lowest BCUT2D eigenvalue weighted by atomic mass is 10.2. The average molecular weight is 136 g/mol. The zero-order valence-corrected chi connectivity index (χ0v) is 6.11. The maximum absolute atomic E-state index is 4.74. The maximum atomic E-state index is 4.74. The Balaban J connectivity index is 3.01. The summed E-state index contributed by atoms with van der Waals surface area (Å²) in [5.41, 5.74) is 2.38. The van der Waals surface area contributed by atoms with Gasteiger partial charge >= 0.3 is 0 Å². The third-order valence-electron chi connectivity index (χ3n) is 1.21. The highest BCUT2D eigenvalue weighted by molar-refractivity contribution is 7.79. The first-order valence-corrected chi connectivity index (χ1v) is 3.32. The molecule has 0 aliphatic rings. The van der Waals surface area contributed by atoms with E-state index < -0.39 is 0 Å². The summed E-state index contributed by atoms with van der Waals surface area (Å²) in [5, 5.41) is 1.68. The molecule has 0 fully saturated rings. The van der Waals surface area contributed by atoms with Gasteiger partial charge in [0, 0.05) is 5.37 Å². The molecule has 46 valence electrons. The van der Waals surface area contributed by atoms with Gasteiger partial charge < -0.3 is 0 Å². The molecule has 0 saturated carbocycles. The van der Waals surface area contributed by atoms with Crippen LogP contribution in [-0.4, -0.2) is 5.37 Å². The molecule has 9 heavy (non-hydrogen) atoms. The van der Waals surface area contributed by atoms with Crippen molar-refractivity contribution in [1.29, 1.82) is 0 Å². The molecule has 0 aliphatic carbocycles. The van der Waals surface area contributed by atoms with Gasteiger partial charge in [0.1, 0.15) is 0 Å². The summed E-state index contributed by atoms with van der Waals surface area (Å²) in [5.74, 6) is 0. The van der Waals surface area contributed by atoms with Crippen LogP contribution in [0, 0.1) is 6.92 Å².